The standard InChI is InChI=1S/C14H15N5/c1-2-6-13-16-14(18-17-13)11-9-15-19(10-11)12-7-4-3-5-8-12/h3-5,7-10H,2,6H2,1H3,(H,16,17,18). The molecule has 5 heteroatoms. The third-order valence-corrected chi connectivity index (χ3v) is 2.88. The number of benzene rings is 1. The van der Waals surface area contributed by atoms with E-state index in [4.69, 9.17) is 0 Å². The second-order valence-corrected chi connectivity index (χ2v) is 4.36. The molecule has 0 aliphatic carbocycles. The van der Waals surface area contributed by atoms with Crippen LogP contribution in [0.5, 0.6) is 0 Å². The predicted molar refractivity (Wildman–Crippen MR) is 72.9 cm³/mol. The summed E-state index contributed by atoms with van der Waals surface area (Å²) in [6.07, 6.45) is 5.69. The minimum absolute atomic E-state index is 0.700. The van der Waals surface area contributed by atoms with Crippen LogP contribution in [0.2, 0.25) is 0 Å². The highest BCUT2D eigenvalue weighted by atomic mass is 15.3. The normalized spacial score (nSPS) is 10.8. The van der Waals surface area contributed by atoms with Crippen molar-refractivity contribution in [2.75, 3.05) is 0 Å². The first-order valence-corrected chi connectivity index (χ1v) is 6.38. The van der Waals surface area contributed by atoms with Gasteiger partial charge in [-0.25, -0.2) is 9.67 Å². The monoisotopic (exact) mass is 253 g/mol. The van der Waals surface area contributed by atoms with Gasteiger partial charge in [-0.3, -0.25) is 5.10 Å². The van der Waals surface area contributed by atoms with Crippen LogP contribution >= 0.6 is 0 Å². The van der Waals surface area contributed by atoms with E-state index in [1.165, 1.54) is 0 Å². The van der Waals surface area contributed by atoms with E-state index >= 15 is 0 Å². The fraction of sp³-hybridized carbons (Fsp3) is 0.214. The number of H-pyrrole nitrogens is 1. The van der Waals surface area contributed by atoms with Gasteiger partial charge in [-0.2, -0.15) is 10.2 Å². The van der Waals surface area contributed by atoms with Crippen molar-refractivity contribution >= 4 is 0 Å². The van der Waals surface area contributed by atoms with Gasteiger partial charge in [0.1, 0.15) is 5.82 Å². The van der Waals surface area contributed by atoms with Crippen LogP contribution in [-0.2, 0) is 6.42 Å². The van der Waals surface area contributed by atoms with Crippen molar-refractivity contribution < 1.29 is 0 Å². The molecule has 0 fully saturated rings. The molecule has 0 saturated carbocycles. The Hall–Kier alpha value is -2.43. The molecule has 3 rings (SSSR count). The number of nitrogens with zero attached hydrogens (tertiary/aromatic N) is 4. The van der Waals surface area contributed by atoms with Crippen LogP contribution < -0.4 is 0 Å². The lowest BCUT2D eigenvalue weighted by atomic mass is 10.3. The topological polar surface area (TPSA) is 59.4 Å². The molecule has 5 nitrogen and oxygen atoms in total. The number of aromatic nitrogens is 5. The quantitative estimate of drug-likeness (QED) is 0.777. The molecule has 2 aromatic heterocycles. The average molecular weight is 253 g/mol. The zero-order valence-corrected chi connectivity index (χ0v) is 10.7. The Morgan fingerprint density at radius 1 is 1.21 bits per heavy atom. The molecule has 1 aromatic carbocycles. The van der Waals surface area contributed by atoms with E-state index in [0.717, 1.165) is 29.9 Å². The molecule has 1 N–H and O–H groups in total. The summed E-state index contributed by atoms with van der Waals surface area (Å²) in [6.45, 7) is 2.12. The van der Waals surface area contributed by atoms with Gasteiger partial charge < -0.3 is 0 Å². The van der Waals surface area contributed by atoms with Crippen molar-refractivity contribution in [3.05, 3.63) is 48.5 Å². The molecule has 0 bridgehead atoms. The lowest BCUT2D eigenvalue weighted by Gasteiger charge is -1.98. The molecular formula is C14H15N5. The van der Waals surface area contributed by atoms with Gasteiger partial charge in [0, 0.05) is 12.6 Å². The molecule has 0 aliphatic heterocycles. The van der Waals surface area contributed by atoms with Crippen LogP contribution in [0.15, 0.2) is 42.7 Å². The number of para-hydroxylation sites is 1. The van der Waals surface area contributed by atoms with Gasteiger partial charge in [0.15, 0.2) is 5.82 Å². The second kappa shape index (κ2) is 5.06. The summed E-state index contributed by atoms with van der Waals surface area (Å²) < 4.78 is 1.82. The molecule has 2 heterocycles. The molecular weight excluding hydrogens is 238 g/mol. The van der Waals surface area contributed by atoms with Crippen molar-refractivity contribution in [3.63, 3.8) is 0 Å². The van der Waals surface area contributed by atoms with Crippen molar-refractivity contribution in [3.8, 4) is 17.1 Å². The molecule has 19 heavy (non-hydrogen) atoms. The summed E-state index contributed by atoms with van der Waals surface area (Å²) in [5.74, 6) is 1.62. The molecule has 0 aliphatic rings. The van der Waals surface area contributed by atoms with Crippen LogP contribution in [0.3, 0.4) is 0 Å². The molecule has 3 aromatic rings. The summed E-state index contributed by atoms with van der Waals surface area (Å²) in [4.78, 5) is 4.46. The lowest BCUT2D eigenvalue weighted by molar-refractivity contribution is 0.841. The number of hydrogen-bond acceptors (Lipinski definition) is 3. The fourth-order valence-corrected chi connectivity index (χ4v) is 1.93. The van der Waals surface area contributed by atoms with Crippen LogP contribution in [0.1, 0.15) is 19.2 Å². The third kappa shape index (κ3) is 2.40. The number of aromatic amines is 1. The minimum Gasteiger partial charge on any atom is -0.263 e. The van der Waals surface area contributed by atoms with Crippen molar-refractivity contribution in [2.45, 2.75) is 19.8 Å². The zero-order chi connectivity index (χ0) is 13.1. The SMILES string of the molecule is CCCc1nc(-c2cnn(-c3ccccc3)c2)n[nH]1. The largest absolute Gasteiger partial charge is 0.263 e. The Bertz CT molecular complexity index is 653. The van der Waals surface area contributed by atoms with Crippen molar-refractivity contribution in [2.24, 2.45) is 0 Å². The highest BCUT2D eigenvalue weighted by Crippen LogP contribution is 2.16. The third-order valence-electron chi connectivity index (χ3n) is 2.88. The Balaban J connectivity index is 1.88. The highest BCUT2D eigenvalue weighted by molar-refractivity contribution is 5.52. The average Bonchev–Trinajstić information content (AvgIpc) is 3.08. The summed E-state index contributed by atoms with van der Waals surface area (Å²) in [5, 5.41) is 11.5. The summed E-state index contributed by atoms with van der Waals surface area (Å²) in [6, 6.07) is 9.99. The molecule has 0 spiro atoms. The Morgan fingerprint density at radius 2 is 2.05 bits per heavy atom. The first-order valence-electron chi connectivity index (χ1n) is 6.38. The maximum Gasteiger partial charge on any atom is 0.184 e. The van der Waals surface area contributed by atoms with E-state index in [-0.39, 0.29) is 0 Å². The number of nitrogens with one attached hydrogen (secondary N) is 1. The van der Waals surface area contributed by atoms with Crippen molar-refractivity contribution in [1.29, 1.82) is 0 Å². The number of hydrogen-bond donors (Lipinski definition) is 1. The molecule has 96 valence electrons. The van der Waals surface area contributed by atoms with Crippen LogP contribution in [0.25, 0.3) is 17.1 Å². The van der Waals surface area contributed by atoms with Gasteiger partial charge in [0.05, 0.1) is 17.4 Å². The Kier molecular flexibility index (Phi) is 3.10. The van der Waals surface area contributed by atoms with E-state index in [1.54, 1.807) is 6.20 Å². The molecule has 0 radical (unpaired) electrons. The molecule has 0 unspecified atom stereocenters. The summed E-state index contributed by atoms with van der Waals surface area (Å²) in [7, 11) is 0. The Labute approximate surface area is 111 Å². The van der Waals surface area contributed by atoms with E-state index < -0.39 is 0 Å². The van der Waals surface area contributed by atoms with E-state index in [2.05, 4.69) is 27.2 Å². The van der Waals surface area contributed by atoms with Gasteiger partial charge in [-0.15, -0.1) is 0 Å². The van der Waals surface area contributed by atoms with E-state index in [9.17, 15) is 0 Å². The molecule has 0 atom stereocenters. The predicted octanol–water partition coefficient (Wildman–Crippen LogP) is 2.61. The van der Waals surface area contributed by atoms with Crippen LogP contribution in [0, 0.1) is 0 Å². The first kappa shape index (κ1) is 11.6. The summed E-state index contributed by atoms with van der Waals surface area (Å²) >= 11 is 0. The van der Waals surface area contributed by atoms with Gasteiger partial charge in [0.25, 0.3) is 0 Å². The van der Waals surface area contributed by atoms with E-state index in [1.807, 2.05) is 41.2 Å². The zero-order valence-electron chi connectivity index (χ0n) is 10.7. The molecule has 0 saturated heterocycles. The van der Waals surface area contributed by atoms with E-state index in [0.29, 0.717) is 5.82 Å². The summed E-state index contributed by atoms with van der Waals surface area (Å²) in [5.41, 5.74) is 1.94. The highest BCUT2D eigenvalue weighted by Gasteiger charge is 2.08. The van der Waals surface area contributed by atoms with Gasteiger partial charge in [0.2, 0.25) is 0 Å². The first-order chi connectivity index (χ1) is 9.36. The van der Waals surface area contributed by atoms with Crippen LogP contribution in [-0.4, -0.2) is 25.0 Å². The fourth-order valence-electron chi connectivity index (χ4n) is 1.93. The maximum absolute atomic E-state index is 4.46. The number of rotatable bonds is 4. The maximum atomic E-state index is 4.46. The minimum atomic E-state index is 0.700. The Morgan fingerprint density at radius 3 is 2.84 bits per heavy atom. The van der Waals surface area contributed by atoms with Gasteiger partial charge in [-0.05, 0) is 18.6 Å². The van der Waals surface area contributed by atoms with Crippen molar-refractivity contribution in [1.82, 2.24) is 25.0 Å². The number of aryl methyl sites for hydroxylation is 1. The smallest absolute Gasteiger partial charge is 0.184 e. The van der Waals surface area contributed by atoms with Crippen LogP contribution in [0.4, 0.5) is 0 Å². The van der Waals surface area contributed by atoms with Gasteiger partial charge in [-0.1, -0.05) is 25.1 Å². The van der Waals surface area contributed by atoms with Gasteiger partial charge >= 0.3 is 0 Å². The molecule has 0 amide bonds. The lowest BCUT2D eigenvalue weighted by Crippen LogP contribution is -1.92. The second-order valence-electron chi connectivity index (χ2n) is 4.36.